The summed E-state index contributed by atoms with van der Waals surface area (Å²) < 4.78 is 0. The SMILES string of the molecule is CCC(CC)(NCc1nccs1)C(=O)O. The first-order chi connectivity index (χ1) is 7.14. The molecule has 84 valence electrons. The molecule has 0 aliphatic carbocycles. The second-order valence-electron chi connectivity index (χ2n) is 3.37. The fraction of sp³-hybridized carbons (Fsp3) is 0.600. The van der Waals surface area contributed by atoms with Crippen molar-refractivity contribution in [2.75, 3.05) is 0 Å². The average molecular weight is 228 g/mol. The van der Waals surface area contributed by atoms with Crippen molar-refractivity contribution in [3.63, 3.8) is 0 Å². The first kappa shape index (κ1) is 12.1. The molecule has 1 heterocycles. The fourth-order valence-corrected chi connectivity index (χ4v) is 2.02. The molecule has 1 rings (SSSR count). The highest BCUT2D eigenvalue weighted by molar-refractivity contribution is 7.09. The Hall–Kier alpha value is -0.940. The van der Waals surface area contributed by atoms with E-state index in [0.717, 1.165) is 5.01 Å². The lowest BCUT2D eigenvalue weighted by Crippen LogP contribution is -2.50. The molecule has 0 aliphatic heterocycles. The standard InChI is InChI=1S/C10H16N2O2S/c1-3-10(4-2,9(13)14)12-7-8-11-5-6-15-8/h5-6,12H,3-4,7H2,1-2H3,(H,13,14). The van der Waals surface area contributed by atoms with Crippen LogP contribution in [0.3, 0.4) is 0 Å². The first-order valence-electron chi connectivity index (χ1n) is 5.01. The van der Waals surface area contributed by atoms with Crippen molar-refractivity contribution in [2.24, 2.45) is 0 Å². The number of carboxylic acid groups (broad SMARTS) is 1. The summed E-state index contributed by atoms with van der Waals surface area (Å²) in [7, 11) is 0. The van der Waals surface area contributed by atoms with Crippen LogP contribution in [0.5, 0.6) is 0 Å². The summed E-state index contributed by atoms with van der Waals surface area (Å²) in [6.45, 7) is 4.28. The Labute approximate surface area is 93.4 Å². The van der Waals surface area contributed by atoms with Crippen LogP contribution in [-0.4, -0.2) is 21.6 Å². The predicted octanol–water partition coefficient (Wildman–Crippen LogP) is 1.88. The summed E-state index contributed by atoms with van der Waals surface area (Å²) in [5.74, 6) is -0.788. The van der Waals surface area contributed by atoms with Crippen molar-refractivity contribution in [1.29, 1.82) is 0 Å². The topological polar surface area (TPSA) is 62.2 Å². The molecule has 0 radical (unpaired) electrons. The maximum absolute atomic E-state index is 11.2. The molecule has 4 nitrogen and oxygen atoms in total. The van der Waals surface area contributed by atoms with E-state index in [-0.39, 0.29) is 0 Å². The Morgan fingerprint density at radius 3 is 2.67 bits per heavy atom. The number of hydrogen-bond acceptors (Lipinski definition) is 4. The minimum absolute atomic E-state index is 0.519. The quantitative estimate of drug-likeness (QED) is 0.780. The maximum Gasteiger partial charge on any atom is 0.323 e. The van der Waals surface area contributed by atoms with Gasteiger partial charge in [0, 0.05) is 18.1 Å². The van der Waals surface area contributed by atoms with Gasteiger partial charge in [0.1, 0.15) is 10.5 Å². The van der Waals surface area contributed by atoms with E-state index in [1.54, 1.807) is 6.20 Å². The molecule has 0 bridgehead atoms. The summed E-state index contributed by atoms with van der Waals surface area (Å²) in [5, 5.41) is 15.1. The predicted molar refractivity (Wildman–Crippen MR) is 59.9 cm³/mol. The number of nitrogens with one attached hydrogen (secondary N) is 1. The van der Waals surface area contributed by atoms with Crippen LogP contribution in [0.15, 0.2) is 11.6 Å². The smallest absolute Gasteiger partial charge is 0.323 e. The van der Waals surface area contributed by atoms with Gasteiger partial charge in [0.25, 0.3) is 0 Å². The molecule has 0 amide bonds. The lowest BCUT2D eigenvalue weighted by molar-refractivity contribution is -0.145. The Bertz CT molecular complexity index is 307. The Balaban J connectivity index is 2.63. The van der Waals surface area contributed by atoms with Crippen LogP contribution < -0.4 is 5.32 Å². The van der Waals surface area contributed by atoms with Gasteiger partial charge >= 0.3 is 5.97 Å². The molecule has 0 atom stereocenters. The molecule has 15 heavy (non-hydrogen) atoms. The van der Waals surface area contributed by atoms with E-state index in [0.29, 0.717) is 19.4 Å². The molecule has 0 unspecified atom stereocenters. The van der Waals surface area contributed by atoms with Crippen molar-refractivity contribution < 1.29 is 9.90 Å². The largest absolute Gasteiger partial charge is 0.480 e. The average Bonchev–Trinajstić information content (AvgIpc) is 2.72. The van der Waals surface area contributed by atoms with E-state index in [2.05, 4.69) is 10.3 Å². The monoisotopic (exact) mass is 228 g/mol. The molecule has 5 heteroatoms. The molecule has 1 aromatic rings. The van der Waals surface area contributed by atoms with E-state index in [4.69, 9.17) is 0 Å². The third kappa shape index (κ3) is 2.76. The van der Waals surface area contributed by atoms with Gasteiger partial charge in [-0.1, -0.05) is 13.8 Å². The highest BCUT2D eigenvalue weighted by atomic mass is 32.1. The second kappa shape index (κ2) is 5.23. The van der Waals surface area contributed by atoms with Crippen molar-refractivity contribution >= 4 is 17.3 Å². The first-order valence-corrected chi connectivity index (χ1v) is 5.89. The molecular weight excluding hydrogens is 212 g/mol. The van der Waals surface area contributed by atoms with Crippen LogP contribution in [0.4, 0.5) is 0 Å². The maximum atomic E-state index is 11.2. The van der Waals surface area contributed by atoms with Gasteiger partial charge in [0.15, 0.2) is 0 Å². The van der Waals surface area contributed by atoms with Gasteiger partial charge in [-0.2, -0.15) is 0 Å². The fourth-order valence-electron chi connectivity index (χ4n) is 1.46. The van der Waals surface area contributed by atoms with Crippen molar-refractivity contribution in [1.82, 2.24) is 10.3 Å². The van der Waals surface area contributed by atoms with E-state index in [9.17, 15) is 9.90 Å². The molecular formula is C10H16N2O2S. The Morgan fingerprint density at radius 1 is 1.60 bits per heavy atom. The third-order valence-electron chi connectivity index (χ3n) is 2.68. The van der Waals surface area contributed by atoms with E-state index in [1.807, 2.05) is 19.2 Å². The number of nitrogens with zero attached hydrogens (tertiary/aromatic N) is 1. The summed E-state index contributed by atoms with van der Waals surface area (Å²) in [4.78, 5) is 15.3. The van der Waals surface area contributed by atoms with Crippen LogP contribution in [0, 0.1) is 0 Å². The molecule has 0 fully saturated rings. The Morgan fingerprint density at radius 2 is 2.27 bits per heavy atom. The highest BCUT2D eigenvalue weighted by Crippen LogP contribution is 2.16. The van der Waals surface area contributed by atoms with Gasteiger partial charge in [0.2, 0.25) is 0 Å². The molecule has 0 saturated carbocycles. The minimum Gasteiger partial charge on any atom is -0.480 e. The summed E-state index contributed by atoms with van der Waals surface area (Å²) in [5.41, 5.74) is -0.814. The third-order valence-corrected chi connectivity index (χ3v) is 3.46. The van der Waals surface area contributed by atoms with Gasteiger partial charge in [-0.3, -0.25) is 10.1 Å². The van der Waals surface area contributed by atoms with E-state index in [1.165, 1.54) is 11.3 Å². The summed E-state index contributed by atoms with van der Waals surface area (Å²) >= 11 is 1.53. The molecule has 0 aromatic carbocycles. The number of hydrogen-bond donors (Lipinski definition) is 2. The highest BCUT2D eigenvalue weighted by Gasteiger charge is 2.34. The van der Waals surface area contributed by atoms with Gasteiger partial charge in [-0.05, 0) is 12.8 Å². The normalized spacial score (nSPS) is 11.6. The number of rotatable bonds is 6. The van der Waals surface area contributed by atoms with Gasteiger partial charge in [-0.15, -0.1) is 11.3 Å². The number of thiazole rings is 1. The molecule has 1 aromatic heterocycles. The zero-order chi connectivity index (χ0) is 11.3. The number of carboxylic acids is 1. The van der Waals surface area contributed by atoms with Gasteiger partial charge in [-0.25, -0.2) is 4.98 Å². The molecule has 0 saturated heterocycles. The number of carbonyl (C=O) groups is 1. The number of aromatic nitrogens is 1. The molecule has 0 spiro atoms. The van der Waals surface area contributed by atoms with E-state index < -0.39 is 11.5 Å². The van der Waals surface area contributed by atoms with Gasteiger partial charge < -0.3 is 5.11 Å². The minimum atomic E-state index is -0.814. The van der Waals surface area contributed by atoms with Crippen molar-refractivity contribution in [3.8, 4) is 0 Å². The Kier molecular flexibility index (Phi) is 4.23. The zero-order valence-electron chi connectivity index (χ0n) is 8.99. The van der Waals surface area contributed by atoms with Crippen molar-refractivity contribution in [2.45, 2.75) is 38.8 Å². The lowest BCUT2D eigenvalue weighted by atomic mass is 9.93. The van der Waals surface area contributed by atoms with Crippen LogP contribution in [0.1, 0.15) is 31.7 Å². The molecule has 2 N–H and O–H groups in total. The van der Waals surface area contributed by atoms with Crippen LogP contribution >= 0.6 is 11.3 Å². The zero-order valence-corrected chi connectivity index (χ0v) is 9.80. The van der Waals surface area contributed by atoms with Crippen molar-refractivity contribution in [3.05, 3.63) is 16.6 Å². The van der Waals surface area contributed by atoms with Crippen LogP contribution in [-0.2, 0) is 11.3 Å². The summed E-state index contributed by atoms with van der Waals surface area (Å²) in [6.07, 6.45) is 2.87. The molecule has 0 aliphatic rings. The second-order valence-corrected chi connectivity index (χ2v) is 4.35. The van der Waals surface area contributed by atoms with E-state index >= 15 is 0 Å². The number of aliphatic carboxylic acids is 1. The van der Waals surface area contributed by atoms with Gasteiger partial charge in [0.05, 0.1) is 0 Å². The van der Waals surface area contributed by atoms with Crippen LogP contribution in [0.2, 0.25) is 0 Å². The summed E-state index contributed by atoms with van der Waals surface area (Å²) in [6, 6.07) is 0. The lowest BCUT2D eigenvalue weighted by Gasteiger charge is -2.27. The van der Waals surface area contributed by atoms with Crippen LogP contribution in [0.25, 0.3) is 0 Å².